The summed E-state index contributed by atoms with van der Waals surface area (Å²) < 4.78 is 25.3. The molecule has 1 saturated heterocycles. The summed E-state index contributed by atoms with van der Waals surface area (Å²) in [6.45, 7) is 8.73. The molecule has 2 aromatic carbocycles. The van der Waals surface area contributed by atoms with Crippen LogP contribution in [0.3, 0.4) is 0 Å². The highest BCUT2D eigenvalue weighted by Crippen LogP contribution is 2.36. The van der Waals surface area contributed by atoms with Crippen LogP contribution in [-0.2, 0) is 16.0 Å². The Hall–Kier alpha value is -3.17. The van der Waals surface area contributed by atoms with Crippen LogP contribution in [0, 0.1) is 6.92 Å². The molecule has 0 radical (unpaired) electrons. The summed E-state index contributed by atoms with van der Waals surface area (Å²) in [6.07, 6.45) is 3.22. The Morgan fingerprint density at radius 2 is 1.95 bits per heavy atom. The van der Waals surface area contributed by atoms with Crippen molar-refractivity contribution in [2.45, 2.75) is 38.5 Å². The zero-order valence-corrected chi connectivity index (χ0v) is 21.7. The molecule has 3 aromatic rings. The first kappa shape index (κ1) is 26.9. The zero-order chi connectivity index (χ0) is 26.0. The number of benzene rings is 2. The molecule has 0 spiro atoms. The van der Waals surface area contributed by atoms with Gasteiger partial charge in [-0.3, -0.25) is 4.90 Å². The van der Waals surface area contributed by atoms with E-state index in [0.717, 1.165) is 36.4 Å². The van der Waals surface area contributed by atoms with E-state index >= 15 is 0 Å². The van der Waals surface area contributed by atoms with Gasteiger partial charge >= 0.3 is 0 Å². The first-order chi connectivity index (χ1) is 18.1. The number of aliphatic hydroxyl groups excluding tert-OH is 1. The fraction of sp³-hybridized carbons (Fsp3) is 0.414. The van der Waals surface area contributed by atoms with Gasteiger partial charge in [-0.2, -0.15) is 5.10 Å². The van der Waals surface area contributed by atoms with Gasteiger partial charge in [0.05, 0.1) is 49.5 Å². The number of nitrogens with zero attached hydrogens (tertiary/aromatic N) is 3. The number of ether oxygens (including phenoxy) is 4. The maximum Gasteiger partial charge on any atom is 0.227 e. The first-order valence-corrected chi connectivity index (χ1v) is 12.7. The van der Waals surface area contributed by atoms with Crippen molar-refractivity contribution < 1.29 is 24.1 Å². The minimum Gasteiger partial charge on any atom is -0.493 e. The molecule has 1 aromatic heterocycles. The Labute approximate surface area is 219 Å². The van der Waals surface area contributed by atoms with Gasteiger partial charge in [0.1, 0.15) is 0 Å². The highest BCUT2D eigenvalue weighted by Gasteiger charge is 2.26. The molecule has 1 aliphatic heterocycles. The Morgan fingerprint density at radius 1 is 1.19 bits per heavy atom. The summed E-state index contributed by atoms with van der Waals surface area (Å²) in [4.78, 5) is 2.20. The third-order valence-electron chi connectivity index (χ3n) is 6.30. The van der Waals surface area contributed by atoms with E-state index in [1.807, 2.05) is 66.2 Å². The molecular formula is C29H37N3O5. The van der Waals surface area contributed by atoms with Gasteiger partial charge < -0.3 is 24.1 Å². The summed E-state index contributed by atoms with van der Waals surface area (Å²) in [5, 5.41) is 15.6. The third kappa shape index (κ3) is 7.20. The van der Waals surface area contributed by atoms with Gasteiger partial charge in [0.2, 0.25) is 5.88 Å². The van der Waals surface area contributed by atoms with Crippen molar-refractivity contribution >= 4 is 0 Å². The van der Waals surface area contributed by atoms with E-state index < -0.39 is 6.10 Å². The summed E-state index contributed by atoms with van der Waals surface area (Å²) in [5.41, 5.74) is 2.68. The summed E-state index contributed by atoms with van der Waals surface area (Å²) in [6, 6.07) is 17.5. The number of rotatable bonds is 14. The minimum absolute atomic E-state index is 0.129. The molecule has 0 amide bonds. The summed E-state index contributed by atoms with van der Waals surface area (Å²) in [7, 11) is 1.63. The van der Waals surface area contributed by atoms with Crippen LogP contribution in [0.1, 0.15) is 24.1 Å². The molecule has 198 valence electrons. The number of aliphatic hydroxyl groups is 1. The molecule has 1 N–H and O–H groups in total. The highest BCUT2D eigenvalue weighted by molar-refractivity contribution is 5.47. The SMILES string of the molecule is C=CCOCC(O)CN(Cc1c(C)nn(-c2ccccc2)c1Oc1ccccc1OC)CC1CCCO1. The monoisotopic (exact) mass is 507 g/mol. The van der Waals surface area contributed by atoms with Gasteiger partial charge in [-0.25, -0.2) is 4.68 Å². The molecule has 2 heterocycles. The van der Waals surface area contributed by atoms with Crippen molar-refractivity contribution in [1.29, 1.82) is 0 Å². The molecule has 4 rings (SSSR count). The lowest BCUT2D eigenvalue weighted by atomic mass is 10.1. The van der Waals surface area contributed by atoms with Crippen LogP contribution in [-0.4, -0.2) is 72.0 Å². The van der Waals surface area contributed by atoms with Crippen molar-refractivity contribution in [3.63, 3.8) is 0 Å². The zero-order valence-electron chi connectivity index (χ0n) is 21.7. The number of para-hydroxylation sites is 3. The van der Waals surface area contributed by atoms with Crippen molar-refractivity contribution in [2.24, 2.45) is 0 Å². The maximum absolute atomic E-state index is 10.7. The average Bonchev–Trinajstić information content (AvgIpc) is 3.53. The van der Waals surface area contributed by atoms with Crippen LogP contribution >= 0.6 is 0 Å². The van der Waals surface area contributed by atoms with Gasteiger partial charge in [-0.1, -0.05) is 36.4 Å². The van der Waals surface area contributed by atoms with E-state index in [2.05, 4.69) is 11.5 Å². The number of aromatic nitrogens is 2. The largest absolute Gasteiger partial charge is 0.493 e. The normalized spacial score (nSPS) is 16.2. The second-order valence-electron chi connectivity index (χ2n) is 9.18. The van der Waals surface area contributed by atoms with Gasteiger partial charge in [-0.05, 0) is 44.0 Å². The van der Waals surface area contributed by atoms with Crippen LogP contribution in [0.25, 0.3) is 5.69 Å². The number of hydrogen-bond donors (Lipinski definition) is 1. The van der Waals surface area contributed by atoms with Crippen molar-refractivity contribution in [3.05, 3.63) is 78.5 Å². The molecule has 8 heteroatoms. The van der Waals surface area contributed by atoms with Crippen LogP contribution < -0.4 is 9.47 Å². The molecular weight excluding hydrogens is 470 g/mol. The number of methoxy groups -OCH3 is 1. The topological polar surface area (TPSA) is 78.2 Å². The van der Waals surface area contributed by atoms with Crippen LogP contribution in [0.5, 0.6) is 17.4 Å². The summed E-state index contributed by atoms with van der Waals surface area (Å²) >= 11 is 0. The second kappa shape index (κ2) is 13.4. The predicted molar refractivity (Wildman–Crippen MR) is 143 cm³/mol. The lowest BCUT2D eigenvalue weighted by Crippen LogP contribution is -2.39. The maximum atomic E-state index is 10.7. The van der Waals surface area contributed by atoms with Gasteiger partial charge in [0, 0.05) is 26.2 Å². The van der Waals surface area contributed by atoms with Gasteiger partial charge in [0.25, 0.3) is 0 Å². The lowest BCUT2D eigenvalue weighted by molar-refractivity contribution is 0.00836. The Balaban J connectivity index is 1.66. The van der Waals surface area contributed by atoms with E-state index in [4.69, 9.17) is 24.0 Å². The minimum atomic E-state index is -0.649. The molecule has 0 aliphatic carbocycles. The van der Waals surface area contributed by atoms with E-state index in [1.165, 1.54) is 0 Å². The average molecular weight is 508 g/mol. The standard InChI is InChI=1S/C29H37N3O5/c1-4-16-35-21-24(33)18-31(19-25-13-10-17-36-25)20-26-22(2)30-32(23-11-6-5-7-12-23)29(26)37-28-15-9-8-14-27(28)34-3/h4-9,11-12,14-15,24-25,33H,1,10,13,16-21H2,2-3H3. The predicted octanol–water partition coefficient (Wildman–Crippen LogP) is 4.53. The molecule has 1 aliphatic rings. The van der Waals surface area contributed by atoms with Gasteiger partial charge in [-0.15, -0.1) is 6.58 Å². The fourth-order valence-corrected chi connectivity index (χ4v) is 4.52. The molecule has 2 unspecified atom stereocenters. The Kier molecular flexibility index (Phi) is 9.73. The highest BCUT2D eigenvalue weighted by atomic mass is 16.5. The third-order valence-corrected chi connectivity index (χ3v) is 6.30. The smallest absolute Gasteiger partial charge is 0.227 e. The quantitative estimate of drug-likeness (QED) is 0.254. The Bertz CT molecular complexity index is 1130. The van der Waals surface area contributed by atoms with Crippen LogP contribution in [0.4, 0.5) is 0 Å². The molecule has 0 saturated carbocycles. The van der Waals surface area contributed by atoms with Crippen LogP contribution in [0.2, 0.25) is 0 Å². The van der Waals surface area contributed by atoms with E-state index in [1.54, 1.807) is 13.2 Å². The van der Waals surface area contributed by atoms with E-state index in [-0.39, 0.29) is 12.7 Å². The van der Waals surface area contributed by atoms with Crippen molar-refractivity contribution in [2.75, 3.05) is 40.0 Å². The van der Waals surface area contributed by atoms with Crippen molar-refractivity contribution in [3.8, 4) is 23.1 Å². The Morgan fingerprint density at radius 3 is 2.65 bits per heavy atom. The van der Waals surface area contributed by atoms with Crippen molar-refractivity contribution in [1.82, 2.24) is 14.7 Å². The molecule has 37 heavy (non-hydrogen) atoms. The van der Waals surface area contributed by atoms with Gasteiger partial charge in [0.15, 0.2) is 11.5 Å². The fourth-order valence-electron chi connectivity index (χ4n) is 4.52. The number of aryl methyl sites for hydroxylation is 1. The second-order valence-corrected chi connectivity index (χ2v) is 9.18. The molecule has 0 bridgehead atoms. The first-order valence-electron chi connectivity index (χ1n) is 12.7. The molecule has 2 atom stereocenters. The molecule has 8 nitrogen and oxygen atoms in total. The van der Waals surface area contributed by atoms with E-state index in [0.29, 0.717) is 43.6 Å². The van der Waals surface area contributed by atoms with Crippen LogP contribution in [0.15, 0.2) is 67.3 Å². The summed E-state index contributed by atoms with van der Waals surface area (Å²) in [5.74, 6) is 1.85. The molecule has 1 fully saturated rings. The lowest BCUT2D eigenvalue weighted by Gasteiger charge is -2.27. The van der Waals surface area contributed by atoms with E-state index in [9.17, 15) is 5.11 Å². The number of hydrogen-bond acceptors (Lipinski definition) is 7.